The molecule has 0 saturated heterocycles. The van der Waals surface area contributed by atoms with Crippen LogP contribution in [0.2, 0.25) is 0 Å². The molecule has 1 heterocycles. The van der Waals surface area contributed by atoms with Crippen LogP contribution in [-0.4, -0.2) is 23.8 Å². The molecule has 0 spiro atoms. The third-order valence-corrected chi connectivity index (χ3v) is 3.45. The van der Waals surface area contributed by atoms with Crippen molar-refractivity contribution in [2.75, 3.05) is 13.7 Å². The monoisotopic (exact) mass is 237 g/mol. The number of hydrogen-bond donors (Lipinski definition) is 1. The fraction of sp³-hybridized carbons (Fsp3) is 0.833. The van der Waals surface area contributed by atoms with E-state index in [1.165, 1.54) is 25.7 Å². The minimum Gasteiger partial charge on any atom is -0.373 e. The van der Waals surface area contributed by atoms with E-state index in [2.05, 4.69) is 15.5 Å². The second-order valence-corrected chi connectivity index (χ2v) is 5.11. The van der Waals surface area contributed by atoms with Crippen molar-refractivity contribution in [3.63, 3.8) is 0 Å². The molecule has 5 heteroatoms. The van der Waals surface area contributed by atoms with Crippen molar-refractivity contribution < 1.29 is 9.26 Å². The molecule has 5 nitrogen and oxygen atoms in total. The largest absolute Gasteiger partial charge is 0.373 e. The molecule has 2 aliphatic rings. The predicted octanol–water partition coefficient (Wildman–Crippen LogP) is 1.67. The zero-order chi connectivity index (χ0) is 11.7. The van der Waals surface area contributed by atoms with Crippen LogP contribution in [0.5, 0.6) is 0 Å². The molecule has 0 amide bonds. The van der Waals surface area contributed by atoms with Crippen LogP contribution < -0.4 is 5.32 Å². The highest BCUT2D eigenvalue weighted by Crippen LogP contribution is 2.41. The van der Waals surface area contributed by atoms with Gasteiger partial charge < -0.3 is 14.6 Å². The molecule has 0 aliphatic heterocycles. The van der Waals surface area contributed by atoms with Crippen LogP contribution in [0, 0.1) is 11.8 Å². The maximum absolute atomic E-state index is 5.42. The molecule has 17 heavy (non-hydrogen) atoms. The number of nitrogens with one attached hydrogen (secondary N) is 1. The van der Waals surface area contributed by atoms with Crippen LogP contribution in [0.15, 0.2) is 4.52 Å². The van der Waals surface area contributed by atoms with Crippen molar-refractivity contribution in [3.8, 4) is 0 Å². The van der Waals surface area contributed by atoms with Crippen LogP contribution in [0.25, 0.3) is 0 Å². The maximum atomic E-state index is 5.42. The number of methoxy groups -OCH3 is 1. The van der Waals surface area contributed by atoms with Gasteiger partial charge in [0, 0.05) is 7.11 Å². The molecule has 2 aliphatic carbocycles. The van der Waals surface area contributed by atoms with Crippen molar-refractivity contribution in [2.45, 2.75) is 38.3 Å². The average Bonchev–Trinajstić information content (AvgIpc) is 3.22. The van der Waals surface area contributed by atoms with Crippen molar-refractivity contribution in [1.29, 1.82) is 0 Å². The van der Waals surface area contributed by atoms with Gasteiger partial charge in [-0.2, -0.15) is 4.98 Å². The lowest BCUT2D eigenvalue weighted by molar-refractivity contribution is 0.0751. The number of hydrogen-bond acceptors (Lipinski definition) is 5. The molecule has 1 aromatic heterocycles. The van der Waals surface area contributed by atoms with Gasteiger partial charge in [0.1, 0.15) is 6.10 Å². The zero-order valence-corrected chi connectivity index (χ0v) is 10.2. The molecule has 2 fully saturated rings. The minimum atomic E-state index is 0.0240. The second kappa shape index (κ2) is 4.74. The predicted molar refractivity (Wildman–Crippen MR) is 61.2 cm³/mol. The highest BCUT2D eigenvalue weighted by molar-refractivity contribution is 4.98. The van der Waals surface area contributed by atoms with Gasteiger partial charge in [0.15, 0.2) is 0 Å². The number of rotatable bonds is 7. The SMILES string of the molecule is COC(c1noc(CNCC2CC2)n1)C1CC1. The smallest absolute Gasteiger partial charge is 0.240 e. The highest BCUT2D eigenvalue weighted by atomic mass is 16.5. The molecular formula is C12H19N3O2. The third-order valence-electron chi connectivity index (χ3n) is 3.45. The maximum Gasteiger partial charge on any atom is 0.240 e. The van der Waals surface area contributed by atoms with Crippen molar-refractivity contribution in [2.24, 2.45) is 11.8 Å². The summed E-state index contributed by atoms with van der Waals surface area (Å²) in [5.41, 5.74) is 0. The first-order valence-electron chi connectivity index (χ1n) is 6.43. The van der Waals surface area contributed by atoms with Gasteiger partial charge in [0.25, 0.3) is 0 Å². The Morgan fingerprint density at radius 1 is 1.41 bits per heavy atom. The van der Waals surface area contributed by atoms with Gasteiger partial charge in [-0.3, -0.25) is 0 Å². The highest BCUT2D eigenvalue weighted by Gasteiger charge is 2.35. The first kappa shape index (κ1) is 11.2. The lowest BCUT2D eigenvalue weighted by Crippen LogP contribution is -2.16. The first-order valence-corrected chi connectivity index (χ1v) is 6.43. The Morgan fingerprint density at radius 3 is 2.88 bits per heavy atom. The standard InChI is InChI=1S/C12H19N3O2/c1-16-11(9-4-5-9)12-14-10(17-15-12)7-13-6-8-2-3-8/h8-9,11,13H,2-7H2,1H3. The molecule has 0 radical (unpaired) electrons. The topological polar surface area (TPSA) is 60.2 Å². The van der Waals surface area contributed by atoms with Crippen LogP contribution in [0.4, 0.5) is 0 Å². The van der Waals surface area contributed by atoms with E-state index >= 15 is 0 Å². The Hall–Kier alpha value is -0.940. The van der Waals surface area contributed by atoms with E-state index in [4.69, 9.17) is 9.26 Å². The minimum absolute atomic E-state index is 0.0240. The number of aromatic nitrogens is 2. The molecule has 2 saturated carbocycles. The van der Waals surface area contributed by atoms with E-state index in [1.54, 1.807) is 7.11 Å². The first-order chi connectivity index (χ1) is 8.36. The van der Waals surface area contributed by atoms with E-state index in [1.807, 2.05) is 0 Å². The van der Waals surface area contributed by atoms with Gasteiger partial charge in [-0.05, 0) is 44.1 Å². The van der Waals surface area contributed by atoms with Gasteiger partial charge in [0.05, 0.1) is 6.54 Å². The van der Waals surface area contributed by atoms with Crippen LogP contribution in [0.1, 0.15) is 43.5 Å². The van der Waals surface area contributed by atoms with Crippen LogP contribution in [0.3, 0.4) is 0 Å². The van der Waals surface area contributed by atoms with Crippen molar-refractivity contribution in [3.05, 3.63) is 11.7 Å². The fourth-order valence-corrected chi connectivity index (χ4v) is 2.07. The van der Waals surface area contributed by atoms with E-state index in [0.717, 1.165) is 12.5 Å². The molecule has 1 aromatic rings. The van der Waals surface area contributed by atoms with Crippen LogP contribution >= 0.6 is 0 Å². The van der Waals surface area contributed by atoms with Crippen molar-refractivity contribution in [1.82, 2.24) is 15.5 Å². The van der Waals surface area contributed by atoms with Gasteiger partial charge in [0.2, 0.25) is 11.7 Å². The quantitative estimate of drug-likeness (QED) is 0.781. The van der Waals surface area contributed by atoms with Gasteiger partial charge in [-0.25, -0.2) is 0 Å². The Labute approximate surface area is 101 Å². The van der Waals surface area contributed by atoms with Crippen molar-refractivity contribution >= 4 is 0 Å². The summed E-state index contributed by atoms with van der Waals surface area (Å²) in [5.74, 6) is 2.84. The third kappa shape index (κ3) is 2.84. The lowest BCUT2D eigenvalue weighted by atomic mass is 10.2. The summed E-state index contributed by atoms with van der Waals surface area (Å²) in [6.45, 7) is 1.73. The Kier molecular flexibility index (Phi) is 3.11. The number of ether oxygens (including phenoxy) is 1. The molecule has 1 unspecified atom stereocenters. The van der Waals surface area contributed by atoms with Gasteiger partial charge >= 0.3 is 0 Å². The summed E-state index contributed by atoms with van der Waals surface area (Å²) in [5, 5.41) is 7.35. The normalized spacial score (nSPS) is 21.7. The summed E-state index contributed by atoms with van der Waals surface area (Å²) in [6.07, 6.45) is 5.16. The van der Waals surface area contributed by atoms with E-state index < -0.39 is 0 Å². The molecular weight excluding hydrogens is 218 g/mol. The second-order valence-electron chi connectivity index (χ2n) is 5.11. The Bertz CT molecular complexity index is 372. The molecule has 3 rings (SSSR count). The molecule has 94 valence electrons. The van der Waals surface area contributed by atoms with E-state index in [-0.39, 0.29) is 6.10 Å². The molecule has 0 bridgehead atoms. The Balaban J connectivity index is 1.52. The summed E-state index contributed by atoms with van der Waals surface area (Å²) < 4.78 is 10.6. The van der Waals surface area contributed by atoms with E-state index in [0.29, 0.717) is 24.2 Å². The Morgan fingerprint density at radius 2 is 2.24 bits per heavy atom. The number of nitrogens with zero attached hydrogens (tertiary/aromatic N) is 2. The van der Waals surface area contributed by atoms with Gasteiger partial charge in [-0.15, -0.1) is 0 Å². The lowest BCUT2D eigenvalue weighted by Gasteiger charge is -2.08. The van der Waals surface area contributed by atoms with Crippen LogP contribution in [-0.2, 0) is 11.3 Å². The van der Waals surface area contributed by atoms with E-state index in [9.17, 15) is 0 Å². The summed E-state index contributed by atoms with van der Waals surface area (Å²) in [6, 6.07) is 0. The fourth-order valence-electron chi connectivity index (χ4n) is 2.07. The summed E-state index contributed by atoms with van der Waals surface area (Å²) in [7, 11) is 1.71. The summed E-state index contributed by atoms with van der Waals surface area (Å²) >= 11 is 0. The molecule has 1 atom stereocenters. The molecule has 0 aromatic carbocycles. The summed E-state index contributed by atoms with van der Waals surface area (Å²) in [4.78, 5) is 4.39. The molecule has 1 N–H and O–H groups in total. The van der Waals surface area contributed by atoms with Gasteiger partial charge in [-0.1, -0.05) is 5.16 Å². The average molecular weight is 237 g/mol. The zero-order valence-electron chi connectivity index (χ0n) is 10.2.